The maximum atomic E-state index is 12.4. The normalized spacial score (nSPS) is 24.7. The Morgan fingerprint density at radius 3 is 2.38 bits per heavy atom. The van der Waals surface area contributed by atoms with Gasteiger partial charge in [-0.05, 0) is 31.4 Å². The Hall–Kier alpha value is -1.88. The van der Waals surface area contributed by atoms with Gasteiger partial charge in [0.25, 0.3) is 0 Å². The van der Waals surface area contributed by atoms with E-state index in [1.165, 1.54) is 0 Å². The molecule has 2 aliphatic rings. The van der Waals surface area contributed by atoms with Gasteiger partial charge in [-0.15, -0.1) is 0 Å². The largest absolute Gasteiger partial charge is 0.348 e. The quantitative estimate of drug-likeness (QED) is 0.851. The van der Waals surface area contributed by atoms with Crippen LogP contribution < -0.4 is 5.32 Å². The van der Waals surface area contributed by atoms with Crippen LogP contribution in [0.5, 0.6) is 0 Å². The molecule has 5 nitrogen and oxygen atoms in total. The van der Waals surface area contributed by atoms with Crippen LogP contribution in [0.1, 0.15) is 44.2 Å². The highest BCUT2D eigenvalue weighted by molar-refractivity contribution is 6.31. The van der Waals surface area contributed by atoms with E-state index in [2.05, 4.69) is 5.32 Å². The summed E-state index contributed by atoms with van der Waals surface area (Å²) in [6, 6.07) is 6.98. The van der Waals surface area contributed by atoms with Crippen molar-refractivity contribution in [2.24, 2.45) is 11.8 Å². The van der Waals surface area contributed by atoms with E-state index in [0.717, 1.165) is 36.1 Å². The number of likely N-dealkylation sites (tertiary alicyclic amines) is 1. The van der Waals surface area contributed by atoms with Crippen LogP contribution >= 0.6 is 11.6 Å². The fourth-order valence-electron chi connectivity index (χ4n) is 3.72. The summed E-state index contributed by atoms with van der Waals surface area (Å²) in [4.78, 5) is 38.2. The number of rotatable bonds is 4. The number of carbonyl (C=O) groups excluding carboxylic acids is 3. The Morgan fingerprint density at radius 2 is 1.79 bits per heavy atom. The first kappa shape index (κ1) is 17.0. The number of nitrogens with one attached hydrogen (secondary N) is 1. The zero-order valence-electron chi connectivity index (χ0n) is 13.6. The van der Waals surface area contributed by atoms with Gasteiger partial charge in [-0.2, -0.15) is 0 Å². The maximum Gasteiger partial charge on any atom is 0.240 e. The molecule has 0 bridgehead atoms. The number of amides is 3. The second kappa shape index (κ2) is 6.93. The third-order valence-corrected chi connectivity index (χ3v) is 5.33. The lowest BCUT2D eigenvalue weighted by Crippen LogP contribution is -2.41. The van der Waals surface area contributed by atoms with Gasteiger partial charge in [0.1, 0.15) is 6.54 Å². The molecule has 1 aliphatic heterocycles. The molecule has 3 amide bonds. The zero-order valence-corrected chi connectivity index (χ0v) is 14.4. The first-order valence-corrected chi connectivity index (χ1v) is 8.76. The number of hydrogen-bond acceptors (Lipinski definition) is 3. The predicted molar refractivity (Wildman–Crippen MR) is 90.2 cm³/mol. The number of benzene rings is 1. The molecule has 0 radical (unpaired) electrons. The number of fused-ring (bicyclic) bond motifs is 1. The minimum atomic E-state index is -0.345. The number of imide groups is 1. The van der Waals surface area contributed by atoms with Gasteiger partial charge in [0.05, 0.1) is 17.9 Å². The standard InChI is InChI=1S/C18H21ClN2O3/c1-11(12-6-4-5-9-15(12)19)20-16(22)10-21-17(23)13-7-2-3-8-14(13)18(21)24/h4-6,9,11,13-14H,2-3,7-8,10H2,1H3,(H,20,22)/t11-,13+,14+/m0/s1. The van der Waals surface area contributed by atoms with Crippen LogP contribution in [0.15, 0.2) is 24.3 Å². The third-order valence-electron chi connectivity index (χ3n) is 4.98. The van der Waals surface area contributed by atoms with E-state index in [-0.39, 0.29) is 42.1 Å². The minimum Gasteiger partial charge on any atom is -0.348 e. The van der Waals surface area contributed by atoms with Crippen molar-refractivity contribution < 1.29 is 14.4 Å². The summed E-state index contributed by atoms with van der Waals surface area (Å²) in [7, 11) is 0. The van der Waals surface area contributed by atoms with Crippen LogP contribution in [0, 0.1) is 11.8 Å². The monoisotopic (exact) mass is 348 g/mol. The second-order valence-corrected chi connectivity index (χ2v) is 6.98. The van der Waals surface area contributed by atoms with Crippen molar-refractivity contribution >= 4 is 29.3 Å². The Kier molecular flexibility index (Phi) is 4.90. The van der Waals surface area contributed by atoms with Crippen LogP contribution in [0.25, 0.3) is 0 Å². The molecule has 128 valence electrons. The molecule has 0 spiro atoms. The molecule has 1 N–H and O–H groups in total. The molecule has 1 saturated heterocycles. The van der Waals surface area contributed by atoms with Crippen LogP contribution in [-0.4, -0.2) is 29.2 Å². The lowest BCUT2D eigenvalue weighted by atomic mass is 9.81. The SMILES string of the molecule is C[C@H](NC(=O)CN1C(=O)[C@@H]2CCCC[C@H]2C1=O)c1ccccc1Cl. The first-order valence-electron chi connectivity index (χ1n) is 8.38. The van der Waals surface area contributed by atoms with Gasteiger partial charge in [0.2, 0.25) is 17.7 Å². The molecule has 0 unspecified atom stereocenters. The Balaban J connectivity index is 1.63. The fourth-order valence-corrected chi connectivity index (χ4v) is 4.02. The van der Waals surface area contributed by atoms with E-state index >= 15 is 0 Å². The van der Waals surface area contributed by atoms with Crippen molar-refractivity contribution in [2.75, 3.05) is 6.54 Å². The van der Waals surface area contributed by atoms with E-state index in [9.17, 15) is 14.4 Å². The molecular formula is C18H21ClN2O3. The lowest BCUT2D eigenvalue weighted by Gasteiger charge is -2.19. The van der Waals surface area contributed by atoms with Crippen molar-refractivity contribution in [1.82, 2.24) is 10.2 Å². The number of halogens is 1. The van der Waals surface area contributed by atoms with E-state index in [1.54, 1.807) is 6.07 Å². The molecular weight excluding hydrogens is 328 g/mol. The zero-order chi connectivity index (χ0) is 17.3. The summed E-state index contributed by atoms with van der Waals surface area (Å²) in [5.74, 6) is -1.17. The predicted octanol–water partition coefficient (Wildman–Crippen LogP) is 2.69. The average Bonchev–Trinajstić information content (AvgIpc) is 2.80. The summed E-state index contributed by atoms with van der Waals surface area (Å²) in [6.07, 6.45) is 3.46. The molecule has 2 fully saturated rings. The lowest BCUT2D eigenvalue weighted by molar-refractivity contribution is -0.143. The summed E-state index contributed by atoms with van der Waals surface area (Å²) in [5.41, 5.74) is 0.806. The van der Waals surface area contributed by atoms with E-state index in [4.69, 9.17) is 11.6 Å². The van der Waals surface area contributed by atoms with Crippen molar-refractivity contribution in [1.29, 1.82) is 0 Å². The third kappa shape index (κ3) is 3.18. The van der Waals surface area contributed by atoms with Gasteiger partial charge < -0.3 is 5.32 Å². The highest BCUT2D eigenvalue weighted by atomic mass is 35.5. The first-order chi connectivity index (χ1) is 11.5. The topological polar surface area (TPSA) is 66.5 Å². The smallest absolute Gasteiger partial charge is 0.240 e. The Bertz CT molecular complexity index is 652. The van der Waals surface area contributed by atoms with Crippen LogP contribution in [0.4, 0.5) is 0 Å². The maximum absolute atomic E-state index is 12.4. The Labute approximate surface area is 146 Å². The molecule has 1 aromatic rings. The molecule has 1 aliphatic carbocycles. The molecule has 3 rings (SSSR count). The van der Waals surface area contributed by atoms with Crippen molar-refractivity contribution in [3.63, 3.8) is 0 Å². The number of hydrogen-bond donors (Lipinski definition) is 1. The summed E-state index contributed by atoms with van der Waals surface area (Å²) >= 11 is 6.13. The molecule has 1 heterocycles. The van der Waals surface area contributed by atoms with Crippen molar-refractivity contribution in [2.45, 2.75) is 38.6 Å². The summed E-state index contributed by atoms with van der Waals surface area (Å²) < 4.78 is 0. The Morgan fingerprint density at radius 1 is 1.21 bits per heavy atom. The molecule has 6 heteroatoms. The fraction of sp³-hybridized carbons (Fsp3) is 0.500. The van der Waals surface area contributed by atoms with Gasteiger partial charge in [-0.3, -0.25) is 19.3 Å². The summed E-state index contributed by atoms with van der Waals surface area (Å²) in [6.45, 7) is 1.62. The molecule has 24 heavy (non-hydrogen) atoms. The van der Waals surface area contributed by atoms with Crippen LogP contribution in [0.2, 0.25) is 5.02 Å². The van der Waals surface area contributed by atoms with Gasteiger partial charge in [0, 0.05) is 5.02 Å². The van der Waals surface area contributed by atoms with Crippen molar-refractivity contribution in [3.05, 3.63) is 34.9 Å². The highest BCUT2D eigenvalue weighted by Crippen LogP contribution is 2.37. The molecule has 3 atom stereocenters. The van der Waals surface area contributed by atoms with Crippen molar-refractivity contribution in [3.8, 4) is 0 Å². The van der Waals surface area contributed by atoms with Gasteiger partial charge in [-0.25, -0.2) is 0 Å². The van der Waals surface area contributed by atoms with Gasteiger partial charge in [-0.1, -0.05) is 42.6 Å². The van der Waals surface area contributed by atoms with Gasteiger partial charge in [0.15, 0.2) is 0 Å². The van der Waals surface area contributed by atoms with Gasteiger partial charge >= 0.3 is 0 Å². The average molecular weight is 349 g/mol. The van der Waals surface area contributed by atoms with Crippen LogP contribution in [-0.2, 0) is 14.4 Å². The molecule has 1 aromatic carbocycles. The van der Waals surface area contributed by atoms with E-state index in [1.807, 2.05) is 25.1 Å². The van der Waals surface area contributed by atoms with E-state index in [0.29, 0.717) is 5.02 Å². The molecule has 1 saturated carbocycles. The summed E-state index contributed by atoms with van der Waals surface area (Å²) in [5, 5.41) is 3.39. The number of carbonyl (C=O) groups is 3. The number of nitrogens with zero attached hydrogens (tertiary/aromatic N) is 1. The minimum absolute atomic E-state index is 0.190. The molecule has 0 aromatic heterocycles. The highest BCUT2D eigenvalue weighted by Gasteiger charge is 2.48. The second-order valence-electron chi connectivity index (χ2n) is 6.57. The van der Waals surface area contributed by atoms with E-state index < -0.39 is 0 Å². The van der Waals surface area contributed by atoms with Crippen LogP contribution in [0.3, 0.4) is 0 Å².